The van der Waals surface area contributed by atoms with Crippen LogP contribution in [0.25, 0.3) is 11.0 Å². The summed E-state index contributed by atoms with van der Waals surface area (Å²) >= 11 is 0. The lowest BCUT2D eigenvalue weighted by atomic mass is 10.3. The monoisotopic (exact) mass is 261 g/mol. The van der Waals surface area contributed by atoms with Crippen molar-refractivity contribution >= 4 is 23.0 Å². The van der Waals surface area contributed by atoms with Gasteiger partial charge in [-0.1, -0.05) is 12.1 Å². The van der Waals surface area contributed by atoms with Gasteiger partial charge in [0, 0.05) is 0 Å². The first-order chi connectivity index (χ1) is 9.11. The molecule has 0 saturated carbocycles. The number of aromatic nitrogens is 2. The Bertz CT molecular complexity index is 619. The van der Waals surface area contributed by atoms with Crippen LogP contribution in [0.1, 0.15) is 12.7 Å². The number of alkyl carbamates (subject to hydrolysis) is 1. The van der Waals surface area contributed by atoms with E-state index in [0.29, 0.717) is 0 Å². The molecular weight excluding hydrogens is 246 g/mol. The molecule has 0 aliphatic rings. The molecule has 1 aromatic heterocycles. The molecule has 0 aliphatic carbocycles. The van der Waals surface area contributed by atoms with E-state index in [1.807, 2.05) is 31.2 Å². The number of para-hydroxylation sites is 2. The van der Waals surface area contributed by atoms with E-state index < -0.39 is 12.0 Å². The van der Waals surface area contributed by atoms with Crippen LogP contribution in [0.2, 0.25) is 0 Å². The summed E-state index contributed by atoms with van der Waals surface area (Å²) in [6, 6.07) is 7.52. The molecule has 0 spiro atoms. The third kappa shape index (κ3) is 2.90. The van der Waals surface area contributed by atoms with Crippen molar-refractivity contribution in [2.24, 2.45) is 0 Å². The number of nitrogens with zero attached hydrogens (tertiary/aromatic N) is 2. The highest BCUT2D eigenvalue weighted by Crippen LogP contribution is 2.14. The normalized spacial score (nSPS) is 10.4. The standard InChI is InChI=1S/C13H15N3O3/c1-3-19-13(18)15-12(17)8-16-9(2)14-10-6-4-5-7-11(10)16/h4-7H,3,8H2,1-2H3,(H,15,17,18). The molecule has 0 unspecified atom stereocenters. The van der Waals surface area contributed by atoms with E-state index in [-0.39, 0.29) is 13.2 Å². The fraction of sp³-hybridized carbons (Fsp3) is 0.308. The number of aryl methyl sites for hydroxylation is 1. The number of hydrogen-bond acceptors (Lipinski definition) is 4. The van der Waals surface area contributed by atoms with Crippen LogP contribution in [0.3, 0.4) is 0 Å². The van der Waals surface area contributed by atoms with Crippen molar-refractivity contribution in [2.45, 2.75) is 20.4 Å². The Morgan fingerprint density at radius 1 is 1.37 bits per heavy atom. The molecule has 0 aliphatic heterocycles. The molecule has 2 aromatic rings. The summed E-state index contributed by atoms with van der Waals surface area (Å²) in [6.45, 7) is 3.76. The number of fused-ring (bicyclic) bond motifs is 1. The third-order valence-electron chi connectivity index (χ3n) is 2.66. The Morgan fingerprint density at radius 2 is 2.11 bits per heavy atom. The van der Waals surface area contributed by atoms with Crippen molar-refractivity contribution in [1.82, 2.24) is 14.9 Å². The lowest BCUT2D eigenvalue weighted by Gasteiger charge is -2.07. The molecule has 1 heterocycles. The number of carbonyl (C=O) groups excluding carboxylic acids is 2. The molecule has 0 fully saturated rings. The molecule has 100 valence electrons. The molecule has 2 amide bonds. The van der Waals surface area contributed by atoms with E-state index >= 15 is 0 Å². The van der Waals surface area contributed by atoms with Gasteiger partial charge in [0.2, 0.25) is 5.91 Å². The van der Waals surface area contributed by atoms with Crippen LogP contribution in [0, 0.1) is 6.92 Å². The lowest BCUT2D eigenvalue weighted by molar-refractivity contribution is -0.120. The van der Waals surface area contributed by atoms with Gasteiger partial charge in [-0.15, -0.1) is 0 Å². The molecule has 0 atom stereocenters. The van der Waals surface area contributed by atoms with E-state index in [1.54, 1.807) is 11.5 Å². The van der Waals surface area contributed by atoms with Gasteiger partial charge in [-0.2, -0.15) is 0 Å². The molecule has 0 saturated heterocycles. The minimum absolute atomic E-state index is 0.0329. The molecule has 0 bridgehead atoms. The van der Waals surface area contributed by atoms with Crippen molar-refractivity contribution in [3.8, 4) is 0 Å². The van der Waals surface area contributed by atoms with E-state index in [0.717, 1.165) is 16.9 Å². The van der Waals surface area contributed by atoms with Gasteiger partial charge in [0.05, 0.1) is 17.6 Å². The molecule has 0 radical (unpaired) electrons. The van der Waals surface area contributed by atoms with Gasteiger partial charge in [0.25, 0.3) is 0 Å². The zero-order valence-corrected chi connectivity index (χ0v) is 10.8. The average molecular weight is 261 g/mol. The third-order valence-corrected chi connectivity index (χ3v) is 2.66. The predicted octanol–water partition coefficient (Wildman–Crippen LogP) is 1.62. The minimum Gasteiger partial charge on any atom is -0.450 e. The zero-order chi connectivity index (χ0) is 13.8. The minimum atomic E-state index is -0.727. The van der Waals surface area contributed by atoms with Gasteiger partial charge in [-0.25, -0.2) is 9.78 Å². The number of imidazole rings is 1. The van der Waals surface area contributed by atoms with E-state index in [9.17, 15) is 9.59 Å². The number of carbonyl (C=O) groups is 2. The topological polar surface area (TPSA) is 73.2 Å². The summed E-state index contributed by atoms with van der Waals surface area (Å²) in [5.41, 5.74) is 1.68. The number of ether oxygens (including phenoxy) is 1. The fourth-order valence-electron chi connectivity index (χ4n) is 1.86. The fourth-order valence-corrected chi connectivity index (χ4v) is 1.86. The Labute approximate surface area is 110 Å². The first-order valence-corrected chi connectivity index (χ1v) is 6.00. The maximum atomic E-state index is 11.7. The smallest absolute Gasteiger partial charge is 0.413 e. The van der Waals surface area contributed by atoms with Gasteiger partial charge in [0.15, 0.2) is 0 Å². The molecule has 1 aromatic carbocycles. The van der Waals surface area contributed by atoms with Crippen molar-refractivity contribution in [3.05, 3.63) is 30.1 Å². The Balaban J connectivity index is 2.15. The summed E-state index contributed by atoms with van der Waals surface area (Å²) in [5, 5.41) is 2.16. The molecule has 6 nitrogen and oxygen atoms in total. The van der Waals surface area contributed by atoms with Crippen LogP contribution >= 0.6 is 0 Å². The summed E-state index contributed by atoms with van der Waals surface area (Å²) < 4.78 is 6.41. The van der Waals surface area contributed by atoms with Crippen LogP contribution in [-0.4, -0.2) is 28.2 Å². The number of hydrogen-bond donors (Lipinski definition) is 1. The Morgan fingerprint density at radius 3 is 2.84 bits per heavy atom. The van der Waals surface area contributed by atoms with Crippen LogP contribution < -0.4 is 5.32 Å². The van der Waals surface area contributed by atoms with Crippen molar-refractivity contribution < 1.29 is 14.3 Å². The second-order valence-electron chi connectivity index (χ2n) is 4.00. The van der Waals surface area contributed by atoms with Crippen molar-refractivity contribution in [3.63, 3.8) is 0 Å². The highest BCUT2D eigenvalue weighted by molar-refractivity contribution is 5.92. The number of nitrogens with one attached hydrogen (secondary N) is 1. The van der Waals surface area contributed by atoms with Crippen molar-refractivity contribution in [2.75, 3.05) is 6.61 Å². The highest BCUT2D eigenvalue weighted by Gasteiger charge is 2.13. The number of amides is 2. The van der Waals surface area contributed by atoms with E-state index in [4.69, 9.17) is 0 Å². The number of benzene rings is 1. The molecule has 6 heteroatoms. The second-order valence-corrected chi connectivity index (χ2v) is 4.00. The maximum absolute atomic E-state index is 11.7. The quantitative estimate of drug-likeness (QED) is 0.911. The Kier molecular flexibility index (Phi) is 3.79. The Hall–Kier alpha value is -2.37. The van der Waals surface area contributed by atoms with Crippen LogP contribution in [0.5, 0.6) is 0 Å². The first kappa shape index (κ1) is 13.1. The molecule has 19 heavy (non-hydrogen) atoms. The molecular formula is C13H15N3O3. The van der Waals surface area contributed by atoms with Crippen LogP contribution in [0.15, 0.2) is 24.3 Å². The van der Waals surface area contributed by atoms with Crippen LogP contribution in [0.4, 0.5) is 4.79 Å². The first-order valence-electron chi connectivity index (χ1n) is 6.00. The molecule has 1 N–H and O–H groups in total. The van der Waals surface area contributed by atoms with E-state index in [1.165, 1.54) is 0 Å². The number of imide groups is 1. The SMILES string of the molecule is CCOC(=O)NC(=O)Cn1c(C)nc2ccccc21. The van der Waals surface area contributed by atoms with Gasteiger partial charge < -0.3 is 9.30 Å². The predicted molar refractivity (Wildman–Crippen MR) is 69.6 cm³/mol. The summed E-state index contributed by atoms with van der Waals surface area (Å²) in [6.07, 6.45) is -0.727. The van der Waals surface area contributed by atoms with Crippen LogP contribution in [-0.2, 0) is 16.1 Å². The van der Waals surface area contributed by atoms with E-state index in [2.05, 4.69) is 15.0 Å². The maximum Gasteiger partial charge on any atom is 0.413 e. The summed E-state index contributed by atoms with van der Waals surface area (Å²) in [4.78, 5) is 27.2. The summed E-state index contributed by atoms with van der Waals surface area (Å²) in [5.74, 6) is 0.296. The highest BCUT2D eigenvalue weighted by atomic mass is 16.5. The lowest BCUT2D eigenvalue weighted by Crippen LogP contribution is -2.33. The second kappa shape index (κ2) is 5.51. The average Bonchev–Trinajstić information content (AvgIpc) is 2.66. The molecule has 2 rings (SSSR count). The van der Waals surface area contributed by atoms with Gasteiger partial charge in [-0.3, -0.25) is 10.1 Å². The largest absolute Gasteiger partial charge is 0.450 e. The van der Waals surface area contributed by atoms with Gasteiger partial charge in [0.1, 0.15) is 12.4 Å². The summed E-state index contributed by atoms with van der Waals surface area (Å²) in [7, 11) is 0. The van der Waals surface area contributed by atoms with Gasteiger partial charge >= 0.3 is 6.09 Å². The van der Waals surface area contributed by atoms with Gasteiger partial charge in [-0.05, 0) is 26.0 Å². The van der Waals surface area contributed by atoms with Crippen molar-refractivity contribution in [1.29, 1.82) is 0 Å². The zero-order valence-electron chi connectivity index (χ0n) is 10.8. The number of rotatable bonds is 3.